The van der Waals surface area contributed by atoms with Crippen LogP contribution in [0.4, 0.5) is 0 Å². The molecule has 3 aromatic rings. The normalized spacial score (nSPS) is 21.5. The summed E-state index contributed by atoms with van der Waals surface area (Å²) in [7, 11) is 0. The van der Waals surface area contributed by atoms with Crippen molar-refractivity contribution in [3.63, 3.8) is 0 Å². The molecule has 7 heteroatoms. The van der Waals surface area contributed by atoms with Crippen molar-refractivity contribution in [2.24, 2.45) is 0 Å². The Morgan fingerprint density at radius 3 is 2.69 bits per heavy atom. The third kappa shape index (κ3) is 3.79. The number of nitrogens with zero attached hydrogens (tertiary/aromatic N) is 2. The largest absolute Gasteiger partial charge is 0.463 e. The van der Waals surface area contributed by atoms with E-state index >= 15 is 0 Å². The van der Waals surface area contributed by atoms with Crippen LogP contribution in [0.3, 0.4) is 0 Å². The van der Waals surface area contributed by atoms with Crippen LogP contribution >= 0.6 is 11.3 Å². The van der Waals surface area contributed by atoms with Gasteiger partial charge < -0.3 is 19.2 Å². The molecule has 1 fully saturated rings. The molecule has 1 aliphatic carbocycles. The Labute approximate surface area is 192 Å². The zero-order valence-electron chi connectivity index (χ0n) is 18.4. The number of carbonyl (C=O) groups excluding carboxylic acids is 2. The summed E-state index contributed by atoms with van der Waals surface area (Å²) in [6.45, 7) is 2.82. The predicted octanol–water partition coefficient (Wildman–Crippen LogP) is 4.72. The molecule has 6 nitrogen and oxygen atoms in total. The smallest absolute Gasteiger partial charge is 0.271 e. The number of hydrogen-bond acceptors (Lipinski definition) is 4. The van der Waals surface area contributed by atoms with E-state index in [1.54, 1.807) is 22.5 Å². The summed E-state index contributed by atoms with van der Waals surface area (Å²) in [6, 6.07) is 11.8. The fourth-order valence-corrected chi connectivity index (χ4v) is 5.73. The Bertz CT molecular complexity index is 1080. The number of hydrogen-bond donors (Lipinski definition) is 1. The van der Waals surface area contributed by atoms with Crippen LogP contribution in [0.1, 0.15) is 54.4 Å². The SMILES string of the molecule is C[C@@]1(C(=O)NC2CCCCC2)Cn2c(ccc2-c2ccco2)C(=O)N1CCc1cccs1. The van der Waals surface area contributed by atoms with Gasteiger partial charge in [0.15, 0.2) is 0 Å². The standard InChI is InChI=1S/C25H29N3O3S/c1-25(24(30)26-18-7-3-2-4-8-18)17-27-20(22-10-5-15-31-22)11-12-21(27)23(29)28(25)14-13-19-9-6-16-32-19/h5-6,9-12,15-16,18H,2-4,7-8,13-14,17H2,1H3,(H,26,30)/t25-/m0/s1. The highest BCUT2D eigenvalue weighted by molar-refractivity contribution is 7.09. The van der Waals surface area contributed by atoms with Crippen molar-refractivity contribution >= 4 is 23.2 Å². The molecule has 0 bridgehead atoms. The van der Waals surface area contributed by atoms with Gasteiger partial charge in [-0.15, -0.1) is 11.3 Å². The van der Waals surface area contributed by atoms with Gasteiger partial charge in [0.2, 0.25) is 5.91 Å². The minimum Gasteiger partial charge on any atom is -0.463 e. The fraction of sp³-hybridized carbons (Fsp3) is 0.440. The molecule has 0 radical (unpaired) electrons. The van der Waals surface area contributed by atoms with E-state index in [1.165, 1.54) is 11.3 Å². The summed E-state index contributed by atoms with van der Waals surface area (Å²) < 4.78 is 7.56. The van der Waals surface area contributed by atoms with Gasteiger partial charge in [0.05, 0.1) is 18.5 Å². The lowest BCUT2D eigenvalue weighted by atomic mass is 9.91. The van der Waals surface area contributed by atoms with E-state index in [0.717, 1.165) is 37.8 Å². The number of carbonyl (C=O) groups is 2. The second kappa shape index (κ2) is 8.62. The maximum atomic E-state index is 13.7. The highest BCUT2D eigenvalue weighted by Gasteiger charge is 2.48. The number of furan rings is 1. The quantitative estimate of drug-likeness (QED) is 0.590. The van der Waals surface area contributed by atoms with Gasteiger partial charge in [0.1, 0.15) is 17.0 Å². The van der Waals surface area contributed by atoms with Crippen LogP contribution in [0.2, 0.25) is 0 Å². The Hall–Kier alpha value is -2.80. The number of fused-ring (bicyclic) bond motifs is 1. The highest BCUT2D eigenvalue weighted by Crippen LogP contribution is 2.34. The zero-order valence-corrected chi connectivity index (χ0v) is 19.2. The molecule has 4 heterocycles. The molecule has 5 rings (SSSR count). The van der Waals surface area contributed by atoms with Gasteiger partial charge in [0, 0.05) is 17.5 Å². The number of rotatable bonds is 6. The predicted molar refractivity (Wildman–Crippen MR) is 125 cm³/mol. The summed E-state index contributed by atoms with van der Waals surface area (Å²) in [4.78, 5) is 30.4. The van der Waals surface area contributed by atoms with E-state index in [4.69, 9.17) is 4.42 Å². The first-order chi connectivity index (χ1) is 15.6. The van der Waals surface area contributed by atoms with Gasteiger partial charge in [-0.1, -0.05) is 25.3 Å². The van der Waals surface area contributed by atoms with E-state index in [1.807, 2.05) is 47.2 Å². The van der Waals surface area contributed by atoms with Crippen LogP contribution in [0.15, 0.2) is 52.5 Å². The van der Waals surface area contributed by atoms with Crippen molar-refractivity contribution < 1.29 is 14.0 Å². The van der Waals surface area contributed by atoms with Gasteiger partial charge in [-0.25, -0.2) is 0 Å². The van der Waals surface area contributed by atoms with Crippen LogP contribution in [-0.2, 0) is 17.8 Å². The average Bonchev–Trinajstić information content (AvgIpc) is 3.56. The number of amides is 2. The second-order valence-corrected chi connectivity index (χ2v) is 10.1. The summed E-state index contributed by atoms with van der Waals surface area (Å²) in [5.74, 6) is 0.534. The molecular formula is C25H29N3O3S. The zero-order chi connectivity index (χ0) is 22.1. The Morgan fingerprint density at radius 1 is 1.16 bits per heavy atom. The van der Waals surface area contributed by atoms with E-state index in [0.29, 0.717) is 24.5 Å². The van der Waals surface area contributed by atoms with Crippen LogP contribution < -0.4 is 5.32 Å². The molecule has 1 saturated carbocycles. The molecule has 0 saturated heterocycles. The van der Waals surface area contributed by atoms with Crippen LogP contribution in [-0.4, -0.2) is 39.4 Å². The van der Waals surface area contributed by atoms with Gasteiger partial charge in [-0.2, -0.15) is 0 Å². The van der Waals surface area contributed by atoms with E-state index in [9.17, 15) is 9.59 Å². The maximum absolute atomic E-state index is 13.7. The summed E-state index contributed by atoms with van der Waals surface area (Å²) in [6.07, 6.45) is 7.91. The first-order valence-electron chi connectivity index (χ1n) is 11.4. The van der Waals surface area contributed by atoms with Crippen LogP contribution in [0, 0.1) is 0 Å². The lowest BCUT2D eigenvalue weighted by Gasteiger charge is -2.45. The highest BCUT2D eigenvalue weighted by atomic mass is 32.1. The van der Waals surface area contributed by atoms with Crippen molar-refractivity contribution in [3.05, 3.63) is 58.6 Å². The van der Waals surface area contributed by atoms with Crippen molar-refractivity contribution in [1.82, 2.24) is 14.8 Å². The molecule has 0 aromatic carbocycles. The minimum absolute atomic E-state index is 0.0614. The first kappa shape index (κ1) is 21.1. The molecular weight excluding hydrogens is 422 g/mol. The van der Waals surface area contributed by atoms with Crippen molar-refractivity contribution in [2.75, 3.05) is 6.54 Å². The van der Waals surface area contributed by atoms with Gasteiger partial charge in [0.25, 0.3) is 5.91 Å². The third-order valence-corrected chi connectivity index (χ3v) is 7.81. The van der Waals surface area contributed by atoms with Crippen molar-refractivity contribution in [1.29, 1.82) is 0 Å². The summed E-state index contributed by atoms with van der Waals surface area (Å²) >= 11 is 1.68. The molecule has 2 aliphatic rings. The number of aromatic nitrogens is 1. The van der Waals surface area contributed by atoms with E-state index in [-0.39, 0.29) is 17.9 Å². The maximum Gasteiger partial charge on any atom is 0.271 e. The molecule has 3 aromatic heterocycles. The third-order valence-electron chi connectivity index (χ3n) is 6.87. The second-order valence-electron chi connectivity index (χ2n) is 9.04. The monoisotopic (exact) mass is 451 g/mol. The van der Waals surface area contributed by atoms with E-state index in [2.05, 4.69) is 11.4 Å². The molecule has 0 unspecified atom stereocenters. The number of nitrogens with one attached hydrogen (secondary N) is 1. The molecule has 1 aliphatic heterocycles. The molecule has 0 spiro atoms. The van der Waals surface area contributed by atoms with Crippen molar-refractivity contribution in [3.8, 4) is 11.5 Å². The molecule has 1 N–H and O–H groups in total. The Balaban J connectivity index is 1.48. The van der Waals surface area contributed by atoms with E-state index < -0.39 is 5.54 Å². The molecule has 1 atom stereocenters. The lowest BCUT2D eigenvalue weighted by molar-refractivity contribution is -0.133. The topological polar surface area (TPSA) is 67.5 Å². The average molecular weight is 452 g/mol. The molecule has 32 heavy (non-hydrogen) atoms. The first-order valence-corrected chi connectivity index (χ1v) is 12.3. The minimum atomic E-state index is -0.973. The van der Waals surface area contributed by atoms with Crippen LogP contribution in [0.5, 0.6) is 0 Å². The van der Waals surface area contributed by atoms with Crippen molar-refractivity contribution in [2.45, 2.75) is 63.6 Å². The lowest BCUT2D eigenvalue weighted by Crippen LogP contribution is -2.65. The molecule has 2 amide bonds. The molecule has 168 valence electrons. The Morgan fingerprint density at radius 2 is 1.97 bits per heavy atom. The van der Waals surface area contributed by atoms with Gasteiger partial charge >= 0.3 is 0 Å². The summed E-state index contributed by atoms with van der Waals surface area (Å²) in [5, 5.41) is 5.33. The fourth-order valence-electron chi connectivity index (χ4n) is 5.03. The Kier molecular flexibility index (Phi) is 5.67. The number of thiophene rings is 1. The summed E-state index contributed by atoms with van der Waals surface area (Å²) in [5.41, 5.74) is 0.456. The van der Waals surface area contributed by atoms with Crippen LogP contribution in [0.25, 0.3) is 11.5 Å². The van der Waals surface area contributed by atoms with Gasteiger partial charge in [-0.05, 0) is 61.9 Å². The van der Waals surface area contributed by atoms with Gasteiger partial charge in [-0.3, -0.25) is 9.59 Å².